The van der Waals surface area contributed by atoms with E-state index >= 15 is 0 Å². The number of amides is 2. The van der Waals surface area contributed by atoms with E-state index in [-0.39, 0.29) is 57.5 Å². The Balaban J connectivity index is 0.000000309. The van der Waals surface area contributed by atoms with Crippen molar-refractivity contribution >= 4 is 71.0 Å². The average Bonchev–Trinajstić information content (AvgIpc) is 3.98. The Morgan fingerprint density at radius 2 is 1.54 bits per heavy atom. The van der Waals surface area contributed by atoms with Crippen LogP contribution in [0, 0.1) is 13.8 Å². The third-order valence-electron chi connectivity index (χ3n) is 13.4. The topological polar surface area (TPSA) is 141 Å². The molecule has 0 saturated carbocycles. The van der Waals surface area contributed by atoms with Gasteiger partial charge in [-0.15, -0.1) is 0 Å². The number of carbonyl (C=O) groups is 3. The van der Waals surface area contributed by atoms with E-state index in [1.165, 1.54) is 15.4 Å². The van der Waals surface area contributed by atoms with E-state index in [4.69, 9.17) is 27.4 Å². The van der Waals surface area contributed by atoms with Crippen molar-refractivity contribution in [1.29, 1.82) is 0 Å². The first-order valence-electron chi connectivity index (χ1n) is 22.7. The molecule has 15 heteroatoms. The molecule has 5 heterocycles. The molecule has 67 heavy (non-hydrogen) atoms. The van der Waals surface area contributed by atoms with E-state index in [2.05, 4.69) is 85.0 Å². The van der Waals surface area contributed by atoms with Crippen molar-refractivity contribution in [2.45, 2.75) is 65.5 Å². The quantitative estimate of drug-likeness (QED) is 0.0685. The maximum absolute atomic E-state index is 13.5. The number of carbonyl (C=O) groups excluding carboxylic acids is 3. The van der Waals surface area contributed by atoms with Gasteiger partial charge < -0.3 is 46.8 Å². The number of allylic oxidation sites excluding steroid dienone is 1. The number of Topliss-reactive ketones (excluding diaryl/α,β-unsaturated/α-hetero) is 1. The van der Waals surface area contributed by atoms with Crippen LogP contribution in [0.1, 0.15) is 70.8 Å². The number of nitrogens with two attached hydrogens (primary N) is 1. The van der Waals surface area contributed by atoms with Crippen LogP contribution in [-0.4, -0.2) is 110 Å². The summed E-state index contributed by atoms with van der Waals surface area (Å²) in [5.74, 6) is 1.04. The molecule has 6 aromatic rings. The van der Waals surface area contributed by atoms with E-state index in [0.29, 0.717) is 32.8 Å². The monoisotopic (exact) mass is 1090 g/mol. The van der Waals surface area contributed by atoms with Gasteiger partial charge in [0.25, 0.3) is 0 Å². The van der Waals surface area contributed by atoms with Crippen molar-refractivity contribution in [3.63, 3.8) is 0 Å². The minimum Gasteiger partial charge on any atom is -0.693 e. The Labute approximate surface area is 413 Å². The van der Waals surface area contributed by atoms with E-state index in [1.54, 1.807) is 14.0 Å². The van der Waals surface area contributed by atoms with Crippen molar-refractivity contribution in [3.8, 4) is 11.1 Å². The van der Waals surface area contributed by atoms with Gasteiger partial charge in [0.2, 0.25) is 11.8 Å². The van der Waals surface area contributed by atoms with Gasteiger partial charge in [-0.25, -0.2) is 0 Å². The summed E-state index contributed by atoms with van der Waals surface area (Å²) < 4.78 is 18.9. The van der Waals surface area contributed by atoms with Crippen LogP contribution in [0.25, 0.3) is 57.9 Å². The number of piperazine rings is 1. The van der Waals surface area contributed by atoms with Crippen LogP contribution < -0.4 is 10.7 Å². The molecular formula is C52H62N8O5SW. The van der Waals surface area contributed by atoms with Gasteiger partial charge >= 0.3 is 21.1 Å². The molecule has 9 rings (SSSR count). The zero-order valence-corrected chi connectivity index (χ0v) is 43.1. The van der Waals surface area contributed by atoms with Crippen molar-refractivity contribution in [3.05, 3.63) is 123 Å². The van der Waals surface area contributed by atoms with Crippen molar-refractivity contribution in [1.82, 2.24) is 33.0 Å². The van der Waals surface area contributed by atoms with E-state index in [1.807, 2.05) is 45.5 Å². The predicted molar refractivity (Wildman–Crippen MR) is 266 cm³/mol. The van der Waals surface area contributed by atoms with Crippen LogP contribution in [0.5, 0.6) is 0 Å². The number of hydrogen-bond acceptors (Lipinski definition) is 8. The summed E-state index contributed by atoms with van der Waals surface area (Å²) in [5.41, 5.74) is 9.78. The molecule has 2 fully saturated rings. The number of aromatic nitrogens is 4. The number of methoxy groups -OCH3 is 1. The standard InChI is InChI=1S/C38H47N5O4.C14H13N2OS.H2N.W/c1-26-36(27(2)40(4)39-26)33-15-9-14-32-31(16-10-24-47-34-17-8-12-29-11-6-7-13-30(29)34)37(28(3)44)43(38(32)33)23-20-41-18-21-42(22-19-41)35(45)25-46-5;1-9-11-5-3-4-6-12(11)10(2)16(9)13-7-8-15(18)14(13)17;;/h6-7,9,11,13-15,17H,8,10,12,16,18-25H2,1-5H3;3-6,13H,1-2,7-8H2;1H2;/q;2*-1;+2. The summed E-state index contributed by atoms with van der Waals surface area (Å²) in [6.45, 7) is 19.8. The molecule has 0 spiro atoms. The smallest absolute Gasteiger partial charge is 0.693 e. The summed E-state index contributed by atoms with van der Waals surface area (Å²) in [5, 5.41) is 9.65. The van der Waals surface area contributed by atoms with Crippen molar-refractivity contribution in [2.75, 3.05) is 59.6 Å². The molecule has 352 valence electrons. The van der Waals surface area contributed by atoms with Gasteiger partial charge in [-0.05, 0) is 69.7 Å². The van der Waals surface area contributed by atoms with Crippen LogP contribution in [0.2, 0.25) is 0 Å². The molecule has 1 aliphatic carbocycles. The van der Waals surface area contributed by atoms with Gasteiger partial charge in [0.05, 0.1) is 23.5 Å². The molecule has 0 bridgehead atoms. The number of benzene rings is 3. The fourth-order valence-corrected chi connectivity index (χ4v) is 10.3. The molecule has 3 aromatic heterocycles. The third kappa shape index (κ3) is 10.3. The summed E-state index contributed by atoms with van der Waals surface area (Å²) in [6, 6.07) is 22.6. The summed E-state index contributed by atoms with van der Waals surface area (Å²) in [7, 11) is 3.54. The molecule has 2 N–H and O–H groups in total. The number of ketones is 1. The first-order chi connectivity index (χ1) is 31.4. The van der Waals surface area contributed by atoms with Crippen LogP contribution in [-0.2, 0) is 79.4 Å². The first kappa shape index (κ1) is 51.2. The number of aryl methyl sites for hydroxylation is 4. The molecule has 2 amide bonds. The maximum atomic E-state index is 13.5. The Hall–Kier alpha value is -5.24. The summed E-state index contributed by atoms with van der Waals surface area (Å²) in [4.78, 5) is 42.2. The number of rotatable bonds is 13. The van der Waals surface area contributed by atoms with Crippen molar-refractivity contribution in [2.24, 2.45) is 7.05 Å². The Morgan fingerprint density at radius 1 is 0.881 bits per heavy atom. The molecule has 3 aliphatic rings. The zero-order chi connectivity index (χ0) is 45.9. The Morgan fingerprint density at radius 3 is 2.16 bits per heavy atom. The molecule has 13 nitrogen and oxygen atoms in total. The molecule has 1 unspecified atom stereocenters. The minimum absolute atomic E-state index is 0. The van der Waals surface area contributed by atoms with Crippen molar-refractivity contribution < 1.29 is 44.9 Å². The van der Waals surface area contributed by atoms with Gasteiger partial charge in [0, 0.05) is 110 Å². The fourth-order valence-electron chi connectivity index (χ4n) is 10.1. The molecule has 2 aliphatic heterocycles. The van der Waals surface area contributed by atoms with Gasteiger partial charge in [-0.1, -0.05) is 79.9 Å². The number of ether oxygens (including phenoxy) is 2. The first-order valence-corrected chi connectivity index (χ1v) is 23.1. The number of nitrogens with zero attached hydrogens (tertiary/aromatic N) is 7. The number of para-hydroxylation sites is 1. The minimum atomic E-state index is -0.241. The van der Waals surface area contributed by atoms with Gasteiger partial charge in [0.15, 0.2) is 5.78 Å². The second-order valence-electron chi connectivity index (χ2n) is 17.3. The number of hydrogen-bond donors (Lipinski definition) is 0. The third-order valence-corrected chi connectivity index (χ3v) is 13.7. The maximum Gasteiger partial charge on any atom is 2.00 e. The normalized spacial score (nSPS) is 16.0. The van der Waals surface area contributed by atoms with E-state index in [9.17, 15) is 14.4 Å². The largest absolute Gasteiger partial charge is 2.00 e. The molecule has 0 radical (unpaired) electrons. The average molecular weight is 1100 g/mol. The van der Waals surface area contributed by atoms with Crippen LogP contribution in [0.4, 0.5) is 0 Å². The van der Waals surface area contributed by atoms with E-state index in [0.717, 1.165) is 124 Å². The molecule has 1 atom stereocenters. The van der Waals surface area contributed by atoms with Crippen LogP contribution in [0.3, 0.4) is 0 Å². The molecular weight excluding hydrogens is 1030 g/mol. The SMILES string of the molecule is C=c1c2ccccc2c(=C)n1C1CCN([S-])C1=O.COCC(=O)N1CCN(CCn2c(C(C)=O)c(CCCOC3=CCCc4ccccc43)c3cccc(-c4c(C)nn(C)c4C)c32)CC1.[NH2-].[W+2]. The van der Waals surface area contributed by atoms with Gasteiger partial charge in [-0.3, -0.25) is 24.0 Å². The molecule has 3 aromatic carbocycles. The van der Waals surface area contributed by atoms with Gasteiger partial charge in [0.1, 0.15) is 18.4 Å². The second-order valence-corrected chi connectivity index (χ2v) is 17.8. The Bertz CT molecular complexity index is 2860. The Kier molecular flexibility index (Phi) is 17.0. The zero-order valence-electron chi connectivity index (χ0n) is 39.4. The molecule has 2 saturated heterocycles. The predicted octanol–water partition coefficient (Wildman–Crippen LogP) is 7.00. The van der Waals surface area contributed by atoms with Crippen LogP contribution in [0.15, 0.2) is 72.8 Å². The van der Waals surface area contributed by atoms with Gasteiger partial charge in [-0.2, -0.15) is 5.10 Å². The summed E-state index contributed by atoms with van der Waals surface area (Å²) in [6.07, 6.45) is 6.50. The van der Waals surface area contributed by atoms with Crippen LogP contribution >= 0.6 is 0 Å². The van der Waals surface area contributed by atoms with E-state index < -0.39 is 0 Å². The number of fused-ring (bicyclic) bond motifs is 3. The fraction of sp³-hybridized carbons (Fsp3) is 0.385. The second kappa shape index (κ2) is 22.2. The summed E-state index contributed by atoms with van der Waals surface area (Å²) >= 11 is 5.00.